The molecule has 0 aliphatic rings. The zero-order valence-electron chi connectivity index (χ0n) is 8.49. The number of amides is 1. The molecule has 0 fully saturated rings. The number of pyridine rings is 1. The Morgan fingerprint density at radius 3 is 2.87 bits per heavy atom. The van der Waals surface area contributed by atoms with Crippen LogP contribution in [0.1, 0.15) is 23.8 Å². The number of hydrogen-bond acceptors (Lipinski definition) is 3. The van der Waals surface area contributed by atoms with Gasteiger partial charge in [0.25, 0.3) is 5.91 Å². The first-order valence-electron chi connectivity index (χ1n) is 4.78. The molecular weight excluding hydrogens is 196 g/mol. The molecule has 1 amide bonds. The monoisotopic (exact) mass is 210 g/mol. The lowest BCUT2D eigenvalue weighted by Gasteiger charge is -2.13. The quantitative estimate of drug-likeness (QED) is 0.647. The number of H-pyrrole nitrogens is 1. The summed E-state index contributed by atoms with van der Waals surface area (Å²) < 4.78 is 0. The standard InChI is InChI=1S/C10H14N2O3/c1-2-7(6-13)11-10(15)8-4-3-5-9(14)12-8/h3-5,7,13H,2,6H2,1H3,(H,11,15)(H,12,14)/t7-/m0/s1. The summed E-state index contributed by atoms with van der Waals surface area (Å²) in [6.45, 7) is 1.74. The zero-order chi connectivity index (χ0) is 11.3. The van der Waals surface area contributed by atoms with Gasteiger partial charge in [-0.3, -0.25) is 9.59 Å². The van der Waals surface area contributed by atoms with Gasteiger partial charge in [-0.05, 0) is 12.5 Å². The zero-order valence-corrected chi connectivity index (χ0v) is 8.49. The first-order valence-corrected chi connectivity index (χ1v) is 4.78. The fourth-order valence-electron chi connectivity index (χ4n) is 1.12. The average molecular weight is 210 g/mol. The summed E-state index contributed by atoms with van der Waals surface area (Å²) in [4.78, 5) is 24.9. The van der Waals surface area contributed by atoms with E-state index < -0.39 is 0 Å². The Balaban J connectivity index is 2.73. The molecule has 0 unspecified atom stereocenters. The Morgan fingerprint density at radius 2 is 2.33 bits per heavy atom. The van der Waals surface area contributed by atoms with Crippen molar-refractivity contribution in [3.63, 3.8) is 0 Å². The van der Waals surface area contributed by atoms with Crippen LogP contribution in [0.3, 0.4) is 0 Å². The van der Waals surface area contributed by atoms with E-state index in [1.165, 1.54) is 18.2 Å². The van der Waals surface area contributed by atoms with Crippen molar-refractivity contribution in [3.8, 4) is 0 Å². The van der Waals surface area contributed by atoms with Crippen molar-refractivity contribution in [1.82, 2.24) is 10.3 Å². The number of nitrogens with one attached hydrogen (secondary N) is 2. The maximum absolute atomic E-state index is 11.5. The van der Waals surface area contributed by atoms with E-state index in [-0.39, 0.29) is 29.8 Å². The Kier molecular flexibility index (Phi) is 4.05. The third-order valence-electron chi connectivity index (χ3n) is 2.06. The minimum atomic E-state index is -0.381. The molecule has 5 heteroatoms. The molecule has 0 aromatic carbocycles. The van der Waals surface area contributed by atoms with Crippen LogP contribution >= 0.6 is 0 Å². The lowest BCUT2D eigenvalue weighted by atomic mass is 10.2. The van der Waals surface area contributed by atoms with E-state index in [1.807, 2.05) is 6.92 Å². The Morgan fingerprint density at radius 1 is 1.60 bits per heavy atom. The van der Waals surface area contributed by atoms with E-state index in [2.05, 4.69) is 10.3 Å². The molecule has 0 radical (unpaired) electrons. The van der Waals surface area contributed by atoms with Gasteiger partial charge in [-0.15, -0.1) is 0 Å². The first-order chi connectivity index (χ1) is 7.17. The number of carbonyl (C=O) groups is 1. The molecule has 0 bridgehead atoms. The van der Waals surface area contributed by atoms with Gasteiger partial charge in [0.2, 0.25) is 5.56 Å². The summed E-state index contributed by atoms with van der Waals surface area (Å²) in [6.07, 6.45) is 0.638. The fourth-order valence-corrected chi connectivity index (χ4v) is 1.12. The van der Waals surface area contributed by atoms with E-state index in [0.29, 0.717) is 6.42 Å². The van der Waals surface area contributed by atoms with Crippen LogP contribution in [0.15, 0.2) is 23.0 Å². The maximum Gasteiger partial charge on any atom is 0.268 e. The molecule has 1 atom stereocenters. The fraction of sp³-hybridized carbons (Fsp3) is 0.400. The Labute approximate surface area is 87.1 Å². The summed E-state index contributed by atoms with van der Waals surface area (Å²) in [6, 6.07) is 4.08. The third-order valence-corrected chi connectivity index (χ3v) is 2.06. The van der Waals surface area contributed by atoms with Crippen LogP contribution < -0.4 is 10.9 Å². The smallest absolute Gasteiger partial charge is 0.268 e. The number of hydrogen-bond donors (Lipinski definition) is 3. The highest BCUT2D eigenvalue weighted by molar-refractivity contribution is 5.92. The largest absolute Gasteiger partial charge is 0.394 e. The molecule has 0 saturated carbocycles. The van der Waals surface area contributed by atoms with Crippen LogP contribution in [-0.2, 0) is 0 Å². The van der Waals surface area contributed by atoms with E-state index in [4.69, 9.17) is 5.11 Å². The van der Waals surface area contributed by atoms with Gasteiger partial charge in [0.15, 0.2) is 0 Å². The van der Waals surface area contributed by atoms with Gasteiger partial charge in [-0.25, -0.2) is 0 Å². The molecule has 0 spiro atoms. The SMILES string of the molecule is CC[C@@H](CO)NC(=O)c1cccc(=O)[nH]1. The Hall–Kier alpha value is -1.62. The number of aromatic amines is 1. The van der Waals surface area contributed by atoms with Crippen LogP contribution in [0.2, 0.25) is 0 Å². The predicted molar refractivity (Wildman–Crippen MR) is 55.7 cm³/mol. The van der Waals surface area contributed by atoms with Gasteiger partial charge >= 0.3 is 0 Å². The first kappa shape index (κ1) is 11.5. The van der Waals surface area contributed by atoms with Gasteiger partial charge < -0.3 is 15.4 Å². The van der Waals surface area contributed by atoms with Crippen LogP contribution in [0.25, 0.3) is 0 Å². The molecule has 5 nitrogen and oxygen atoms in total. The van der Waals surface area contributed by atoms with Crippen molar-refractivity contribution >= 4 is 5.91 Å². The highest BCUT2D eigenvalue weighted by atomic mass is 16.3. The molecular formula is C10H14N2O3. The van der Waals surface area contributed by atoms with Crippen molar-refractivity contribution in [2.45, 2.75) is 19.4 Å². The maximum atomic E-state index is 11.5. The van der Waals surface area contributed by atoms with E-state index >= 15 is 0 Å². The number of aromatic nitrogens is 1. The summed E-state index contributed by atoms with van der Waals surface area (Å²) >= 11 is 0. The van der Waals surface area contributed by atoms with E-state index in [9.17, 15) is 9.59 Å². The number of aliphatic hydroxyl groups is 1. The molecule has 1 aromatic heterocycles. The molecule has 1 rings (SSSR count). The van der Waals surface area contributed by atoms with Crippen LogP contribution in [0.4, 0.5) is 0 Å². The summed E-state index contributed by atoms with van der Waals surface area (Å²) in [5, 5.41) is 11.5. The lowest BCUT2D eigenvalue weighted by molar-refractivity contribution is 0.0909. The van der Waals surface area contributed by atoms with Crippen LogP contribution in [0, 0.1) is 0 Å². The van der Waals surface area contributed by atoms with Crippen molar-refractivity contribution < 1.29 is 9.90 Å². The van der Waals surface area contributed by atoms with Gasteiger partial charge in [0.1, 0.15) is 5.69 Å². The molecule has 1 aromatic rings. The van der Waals surface area contributed by atoms with Gasteiger partial charge in [-0.2, -0.15) is 0 Å². The summed E-state index contributed by atoms with van der Waals surface area (Å²) in [7, 11) is 0. The number of rotatable bonds is 4. The predicted octanol–water partition coefficient (Wildman–Crippen LogP) is -0.124. The molecule has 1 heterocycles. The third kappa shape index (κ3) is 3.21. The second kappa shape index (κ2) is 5.31. The minimum absolute atomic E-state index is 0.112. The number of carbonyl (C=O) groups excluding carboxylic acids is 1. The van der Waals surface area contributed by atoms with Crippen molar-refractivity contribution in [3.05, 3.63) is 34.2 Å². The summed E-state index contributed by atoms with van der Waals surface area (Å²) in [5.41, 5.74) is -0.117. The van der Waals surface area contributed by atoms with E-state index in [1.54, 1.807) is 0 Å². The lowest BCUT2D eigenvalue weighted by Crippen LogP contribution is -2.37. The molecule has 15 heavy (non-hydrogen) atoms. The molecule has 82 valence electrons. The second-order valence-electron chi connectivity index (χ2n) is 3.19. The van der Waals surface area contributed by atoms with Crippen LogP contribution in [0.5, 0.6) is 0 Å². The topological polar surface area (TPSA) is 82.2 Å². The summed E-state index contributed by atoms with van der Waals surface area (Å²) in [5.74, 6) is -0.381. The van der Waals surface area contributed by atoms with E-state index in [0.717, 1.165) is 0 Å². The van der Waals surface area contributed by atoms with Crippen molar-refractivity contribution in [1.29, 1.82) is 0 Å². The number of aliphatic hydroxyl groups excluding tert-OH is 1. The van der Waals surface area contributed by atoms with Gasteiger partial charge in [0.05, 0.1) is 12.6 Å². The molecule has 0 saturated heterocycles. The average Bonchev–Trinajstić information content (AvgIpc) is 2.25. The van der Waals surface area contributed by atoms with Crippen LogP contribution in [-0.4, -0.2) is 28.6 Å². The molecule has 0 aliphatic carbocycles. The normalized spacial score (nSPS) is 12.1. The molecule has 0 aliphatic heterocycles. The molecule has 3 N–H and O–H groups in total. The van der Waals surface area contributed by atoms with Crippen molar-refractivity contribution in [2.24, 2.45) is 0 Å². The Bertz CT molecular complexity index is 382. The van der Waals surface area contributed by atoms with Gasteiger partial charge in [-0.1, -0.05) is 13.0 Å². The minimum Gasteiger partial charge on any atom is -0.394 e. The second-order valence-corrected chi connectivity index (χ2v) is 3.19. The van der Waals surface area contributed by atoms with Crippen molar-refractivity contribution in [2.75, 3.05) is 6.61 Å². The van der Waals surface area contributed by atoms with Gasteiger partial charge in [0, 0.05) is 6.07 Å². The highest BCUT2D eigenvalue weighted by Crippen LogP contribution is 1.94. The highest BCUT2D eigenvalue weighted by Gasteiger charge is 2.11.